The maximum absolute atomic E-state index is 16.2. The number of allylic oxidation sites excluding steroid dienone is 1. The van der Waals surface area contributed by atoms with Gasteiger partial charge in [0.2, 0.25) is 0 Å². The van der Waals surface area contributed by atoms with Crippen LogP contribution in [0.2, 0.25) is 0 Å². The van der Waals surface area contributed by atoms with Crippen LogP contribution in [0.4, 0.5) is 5.82 Å². The van der Waals surface area contributed by atoms with Crippen molar-refractivity contribution in [2.75, 3.05) is 5.32 Å². The van der Waals surface area contributed by atoms with Gasteiger partial charge in [-0.05, 0) is 128 Å². The third-order valence-electron chi connectivity index (χ3n) is 19.6. The molecule has 0 bridgehead atoms. The predicted octanol–water partition coefficient (Wildman–Crippen LogP) is 16.5. The Morgan fingerprint density at radius 1 is 0.500 bits per heavy atom. The number of hydrogen-bond donors (Lipinski definition) is 3. The Labute approximate surface area is 577 Å². The number of carbonyl (C=O) groups is 6. The number of nitrogens with one attached hydrogen (secondary N) is 2. The monoisotopic (exact) mass is 1340 g/mol. The topological polar surface area (TPSA) is 215 Å². The van der Waals surface area contributed by atoms with Gasteiger partial charge in [0, 0.05) is 65.4 Å². The number of aliphatic imine (C=N–C) groups is 1. The van der Waals surface area contributed by atoms with E-state index in [1.165, 1.54) is 12.1 Å². The summed E-state index contributed by atoms with van der Waals surface area (Å²) in [4.78, 5) is 98.9. The van der Waals surface area contributed by atoms with Crippen LogP contribution in [-0.2, 0) is 33.7 Å². The SMILES string of the molecule is CC1CC(C(C)(C)C)C(OC(=O)C2=C(c3ccccc3)C(=Cc3[n-]c(NC(=O)c4ccccc4-c4ccccc4C(=O)[O-])c(C(=O)OC4C(C(C)(C)C)CC(C)CC4C(C)(C)C)c3-c3ccccc3)N=C2NC(=O)c2ccccc2-c2ccccc2C(=O)O)C(C(C)(C)C)C1.[Zn]. The molecule has 0 radical (unpaired) electrons. The van der Waals surface area contributed by atoms with Crippen LogP contribution in [0.25, 0.3) is 45.0 Å². The Morgan fingerprint density at radius 3 is 1.29 bits per heavy atom. The first-order valence-corrected chi connectivity index (χ1v) is 33.0. The molecule has 1 aromatic heterocycles. The van der Waals surface area contributed by atoms with Crippen LogP contribution in [0.5, 0.6) is 0 Å². The number of aromatic carboxylic acids is 2. The van der Waals surface area contributed by atoms with Crippen molar-refractivity contribution in [2.45, 2.75) is 135 Å². The molecule has 96 heavy (non-hydrogen) atoms. The molecule has 2 amide bonds. The minimum absolute atomic E-state index is 0. The Hall–Kier alpha value is -8.81. The van der Waals surface area contributed by atoms with E-state index in [0.29, 0.717) is 34.1 Å². The molecular formula is C81H88N4O10Zn-2. The normalized spacial score (nSPS) is 21.1. The van der Waals surface area contributed by atoms with Gasteiger partial charge < -0.3 is 40.1 Å². The molecular weight excluding hydrogens is 1250 g/mol. The largest absolute Gasteiger partial charge is 0.545 e. The van der Waals surface area contributed by atoms with Gasteiger partial charge in [-0.2, -0.15) is 0 Å². The zero-order chi connectivity index (χ0) is 68.6. The zero-order valence-corrected chi connectivity index (χ0v) is 60.7. The van der Waals surface area contributed by atoms with Crippen LogP contribution in [0.3, 0.4) is 0 Å². The van der Waals surface area contributed by atoms with Gasteiger partial charge in [0.15, 0.2) is 5.91 Å². The fourth-order valence-electron chi connectivity index (χ4n) is 14.8. The summed E-state index contributed by atoms with van der Waals surface area (Å²) >= 11 is 0. The van der Waals surface area contributed by atoms with Crippen molar-refractivity contribution in [3.63, 3.8) is 0 Å². The van der Waals surface area contributed by atoms with Crippen molar-refractivity contribution in [3.05, 3.63) is 208 Å². The summed E-state index contributed by atoms with van der Waals surface area (Å²) < 4.78 is 14.1. The molecule has 10 rings (SSSR count). The molecule has 2 fully saturated rings. The number of hydrogen-bond acceptors (Lipinski definition) is 10. The number of amidine groups is 1. The van der Waals surface area contributed by atoms with Gasteiger partial charge in [0.25, 0.3) is 5.91 Å². The molecule has 7 aromatic rings. The molecule has 0 saturated heterocycles. The number of ether oxygens (including phenoxy) is 2. The molecule has 14 nitrogen and oxygen atoms in total. The van der Waals surface area contributed by atoms with E-state index >= 15 is 19.2 Å². The number of carboxylic acid groups (broad SMARTS) is 2. The smallest absolute Gasteiger partial charge is 0.342 e. The van der Waals surface area contributed by atoms with Crippen LogP contribution in [0.1, 0.15) is 186 Å². The summed E-state index contributed by atoms with van der Waals surface area (Å²) in [5, 5.41) is 29.0. The first-order valence-electron chi connectivity index (χ1n) is 33.0. The van der Waals surface area contributed by atoms with Crippen LogP contribution in [0, 0.1) is 57.2 Å². The first kappa shape index (κ1) is 71.5. The molecule has 3 N–H and O–H groups in total. The number of aromatic nitrogens is 1. The van der Waals surface area contributed by atoms with Gasteiger partial charge in [-0.3, -0.25) is 9.59 Å². The van der Waals surface area contributed by atoms with Crippen molar-refractivity contribution >= 4 is 59.0 Å². The van der Waals surface area contributed by atoms with Crippen molar-refractivity contribution < 1.29 is 67.9 Å². The van der Waals surface area contributed by atoms with Crippen molar-refractivity contribution in [3.8, 4) is 33.4 Å². The number of benzene rings is 6. The summed E-state index contributed by atoms with van der Waals surface area (Å²) in [6, 6.07) is 44.2. The van der Waals surface area contributed by atoms with Crippen LogP contribution < -0.4 is 20.7 Å². The number of carboxylic acids is 2. The Bertz CT molecular complexity index is 4140. The van der Waals surface area contributed by atoms with Gasteiger partial charge >= 0.3 is 17.9 Å². The maximum Gasteiger partial charge on any atom is 0.342 e. The molecule has 2 heterocycles. The number of anilines is 1. The van der Waals surface area contributed by atoms with Crippen LogP contribution in [0.15, 0.2) is 174 Å². The van der Waals surface area contributed by atoms with Crippen molar-refractivity contribution in [2.24, 2.45) is 62.2 Å². The van der Waals surface area contributed by atoms with Gasteiger partial charge in [-0.25, -0.2) is 19.4 Å². The van der Waals surface area contributed by atoms with E-state index < -0.39 is 47.9 Å². The molecule has 3 aliphatic rings. The molecule has 4 atom stereocenters. The van der Waals surface area contributed by atoms with E-state index in [1.807, 2.05) is 60.7 Å². The Kier molecular flexibility index (Phi) is 21.2. The van der Waals surface area contributed by atoms with E-state index in [-0.39, 0.29) is 144 Å². The summed E-state index contributed by atoms with van der Waals surface area (Å²) in [5.74, 6) is -5.47. The number of nitrogens with zero attached hydrogens (tertiary/aromatic N) is 2. The van der Waals surface area contributed by atoms with E-state index in [1.54, 1.807) is 91.0 Å². The molecule has 15 heteroatoms. The quantitative estimate of drug-likeness (QED) is 0.0688. The second-order valence-corrected chi connectivity index (χ2v) is 30.5. The van der Waals surface area contributed by atoms with E-state index in [9.17, 15) is 19.8 Å². The van der Waals surface area contributed by atoms with Crippen molar-refractivity contribution in [1.29, 1.82) is 0 Å². The average molecular weight is 1340 g/mol. The maximum atomic E-state index is 16.2. The second-order valence-electron chi connectivity index (χ2n) is 30.5. The summed E-state index contributed by atoms with van der Waals surface area (Å²) in [7, 11) is 0. The molecule has 0 spiro atoms. The number of amides is 2. The average Bonchev–Trinajstić information content (AvgIpc) is 1.47. The number of esters is 2. The fourth-order valence-corrected chi connectivity index (χ4v) is 14.8. The van der Waals surface area contributed by atoms with E-state index in [0.717, 1.165) is 25.7 Å². The second kappa shape index (κ2) is 28.5. The van der Waals surface area contributed by atoms with Gasteiger partial charge in [-0.1, -0.05) is 243 Å². The summed E-state index contributed by atoms with van der Waals surface area (Å²) in [6.07, 6.45) is 3.69. The Morgan fingerprint density at radius 2 is 0.865 bits per heavy atom. The summed E-state index contributed by atoms with van der Waals surface area (Å²) in [5.41, 5.74) is 1.70. The third-order valence-corrected chi connectivity index (χ3v) is 19.6. The number of rotatable bonds is 14. The first-order chi connectivity index (χ1) is 44.8. The Balaban J connectivity index is 0.0000108. The summed E-state index contributed by atoms with van der Waals surface area (Å²) in [6.45, 7) is 30.5. The predicted molar refractivity (Wildman–Crippen MR) is 372 cm³/mol. The van der Waals surface area contributed by atoms with Gasteiger partial charge in [-0.15, -0.1) is 0 Å². The third kappa shape index (κ3) is 15.2. The van der Waals surface area contributed by atoms with E-state index in [2.05, 4.69) is 108 Å². The number of carbonyl (C=O) groups excluding carboxylic acids is 5. The molecule has 1 aliphatic heterocycles. The zero-order valence-electron chi connectivity index (χ0n) is 57.8. The molecule has 2 saturated carbocycles. The van der Waals surface area contributed by atoms with Gasteiger partial charge in [0.1, 0.15) is 23.6 Å². The molecule has 496 valence electrons. The van der Waals surface area contributed by atoms with Crippen LogP contribution in [-0.4, -0.2) is 58.8 Å². The fraction of sp³-hybridized carbons (Fsp3) is 0.370. The van der Waals surface area contributed by atoms with Gasteiger partial charge in [0.05, 0.1) is 22.8 Å². The van der Waals surface area contributed by atoms with E-state index in [4.69, 9.17) is 19.5 Å². The van der Waals surface area contributed by atoms with Crippen molar-refractivity contribution in [1.82, 2.24) is 10.3 Å². The minimum Gasteiger partial charge on any atom is -0.545 e. The minimum atomic E-state index is -1.43. The standard InChI is InChI=1S/C81H90N4O10.Zn/c1-46-41-58(78(3,4)5)68(59(42-46)79(6,7)8)94-76(92)66-64(48-29-17-15-18-30-48)62(82-70(66)84-72(86)54-37-25-21-33-50(54)52-35-23-27-39-56(52)74(88)89)45-63-65(49-31-19-16-20-32-49)67(77(93)95-69-60(80(9,10)11)43-47(2)44-61(69)81(12,13)14)71(83-63)85-73(87)55-38-26-22-34-51(55)53-36-24-28-40-57(53)75(90)91;/h15-40,45-47,58-61,68-69H,41-44H2,1-14H3,(H5,82,83,84,85,86,87,88,89,90,91,92,93);/p-2. The molecule has 4 unspecified atom stereocenters. The molecule has 2 aliphatic carbocycles. The molecule has 6 aromatic carbocycles. The van der Waals surface area contributed by atoms with Crippen LogP contribution >= 0.6 is 0 Å².